The van der Waals surface area contributed by atoms with E-state index < -0.39 is 0 Å². The Labute approximate surface area is 159 Å². The number of imidazole rings is 1. The van der Waals surface area contributed by atoms with Crippen LogP contribution in [0.15, 0.2) is 84.9 Å². The lowest BCUT2D eigenvalue weighted by atomic mass is 10.00. The second kappa shape index (κ2) is 4.90. The minimum Gasteiger partial charge on any atom is -0.354 e. The highest BCUT2D eigenvalue weighted by molar-refractivity contribution is 6.29. The van der Waals surface area contributed by atoms with Gasteiger partial charge in [-0.2, -0.15) is 0 Å². The summed E-state index contributed by atoms with van der Waals surface area (Å²) in [7, 11) is 0. The first kappa shape index (κ1) is 14.2. The molecule has 7 rings (SSSR count). The average Bonchev–Trinajstić information content (AvgIpc) is 3.32. The minimum absolute atomic E-state index is 1.02. The van der Waals surface area contributed by atoms with E-state index in [-0.39, 0.29) is 0 Å². The first-order chi connectivity index (χ1) is 13.9. The molecule has 0 amide bonds. The Hall–Kier alpha value is -3.85. The SMILES string of the molecule is c1ccc2c(c1)nc1c3ccc4[nH]c5ccccc5c4c3c3ccccc3n21. The summed E-state index contributed by atoms with van der Waals surface area (Å²) < 4.78 is 2.30. The number of pyridine rings is 1. The van der Waals surface area contributed by atoms with E-state index in [1.54, 1.807) is 0 Å². The Morgan fingerprint density at radius 1 is 0.571 bits per heavy atom. The zero-order chi connectivity index (χ0) is 18.2. The molecule has 0 unspecified atom stereocenters. The molecular weight excluding hydrogens is 342 g/mol. The van der Waals surface area contributed by atoms with Gasteiger partial charge in [-0.05, 0) is 36.4 Å². The van der Waals surface area contributed by atoms with E-state index in [0.717, 1.165) is 16.7 Å². The van der Waals surface area contributed by atoms with Gasteiger partial charge in [0.1, 0.15) is 5.65 Å². The standard InChI is InChI=1S/C25H15N3/c1-3-9-18-15(7-1)24-20(26-18)14-13-17-23(24)16-8-2-5-11-21(16)28-22-12-6-4-10-19(22)27-25(17)28/h1-14,26H. The molecule has 4 aromatic carbocycles. The summed E-state index contributed by atoms with van der Waals surface area (Å²) in [4.78, 5) is 8.60. The second-order valence-corrected chi connectivity index (χ2v) is 7.36. The van der Waals surface area contributed by atoms with Crippen LogP contribution in [-0.4, -0.2) is 14.4 Å². The van der Waals surface area contributed by atoms with Gasteiger partial charge in [0.15, 0.2) is 0 Å². The van der Waals surface area contributed by atoms with Crippen molar-refractivity contribution in [2.75, 3.05) is 0 Å². The summed E-state index contributed by atoms with van der Waals surface area (Å²) in [5.41, 5.74) is 6.72. The predicted octanol–water partition coefficient (Wildman–Crippen LogP) is 6.43. The van der Waals surface area contributed by atoms with Crippen LogP contribution in [0.2, 0.25) is 0 Å². The molecule has 130 valence electrons. The third-order valence-electron chi connectivity index (χ3n) is 5.89. The molecular formula is C25H15N3. The lowest BCUT2D eigenvalue weighted by Crippen LogP contribution is -1.91. The average molecular weight is 357 g/mol. The molecule has 0 fully saturated rings. The zero-order valence-electron chi connectivity index (χ0n) is 15.0. The summed E-state index contributed by atoms with van der Waals surface area (Å²) in [6.07, 6.45) is 0. The third-order valence-corrected chi connectivity index (χ3v) is 5.89. The van der Waals surface area contributed by atoms with Crippen molar-refractivity contribution in [3.05, 3.63) is 84.9 Å². The van der Waals surface area contributed by atoms with E-state index in [1.165, 1.54) is 43.5 Å². The zero-order valence-corrected chi connectivity index (χ0v) is 15.0. The van der Waals surface area contributed by atoms with Crippen molar-refractivity contribution in [2.24, 2.45) is 0 Å². The summed E-state index contributed by atoms with van der Waals surface area (Å²) in [5, 5.41) is 6.25. The highest BCUT2D eigenvalue weighted by atomic mass is 15.0. The molecule has 0 saturated heterocycles. The number of rotatable bonds is 0. The molecule has 0 aliphatic rings. The molecule has 0 spiro atoms. The largest absolute Gasteiger partial charge is 0.354 e. The van der Waals surface area contributed by atoms with Crippen LogP contribution in [0, 0.1) is 0 Å². The maximum Gasteiger partial charge on any atom is 0.146 e. The fourth-order valence-corrected chi connectivity index (χ4v) is 4.74. The van der Waals surface area contributed by atoms with Crippen LogP contribution in [0.3, 0.4) is 0 Å². The first-order valence-electron chi connectivity index (χ1n) is 9.51. The molecule has 3 heterocycles. The number of nitrogens with one attached hydrogen (secondary N) is 1. The smallest absolute Gasteiger partial charge is 0.146 e. The predicted molar refractivity (Wildman–Crippen MR) is 117 cm³/mol. The fourth-order valence-electron chi connectivity index (χ4n) is 4.74. The first-order valence-corrected chi connectivity index (χ1v) is 9.51. The van der Waals surface area contributed by atoms with Crippen molar-refractivity contribution in [3.8, 4) is 0 Å². The molecule has 0 aliphatic carbocycles. The quantitative estimate of drug-likeness (QED) is 0.312. The van der Waals surface area contributed by atoms with Gasteiger partial charge in [0, 0.05) is 38.0 Å². The molecule has 0 bridgehead atoms. The molecule has 0 radical (unpaired) electrons. The van der Waals surface area contributed by atoms with Crippen LogP contribution >= 0.6 is 0 Å². The Morgan fingerprint density at radius 3 is 2.25 bits per heavy atom. The van der Waals surface area contributed by atoms with E-state index in [9.17, 15) is 0 Å². The van der Waals surface area contributed by atoms with Crippen LogP contribution in [0.1, 0.15) is 0 Å². The van der Waals surface area contributed by atoms with Crippen molar-refractivity contribution >= 4 is 60.2 Å². The van der Waals surface area contributed by atoms with Crippen LogP contribution in [0.5, 0.6) is 0 Å². The summed E-state index contributed by atoms with van der Waals surface area (Å²) >= 11 is 0. The summed E-state index contributed by atoms with van der Waals surface area (Å²) in [6.45, 7) is 0. The van der Waals surface area contributed by atoms with E-state index in [1.807, 2.05) is 0 Å². The van der Waals surface area contributed by atoms with E-state index in [0.29, 0.717) is 0 Å². The number of aromatic amines is 1. The maximum atomic E-state index is 5.02. The van der Waals surface area contributed by atoms with Gasteiger partial charge < -0.3 is 4.98 Å². The Balaban J connectivity index is 1.90. The summed E-state index contributed by atoms with van der Waals surface area (Å²) in [5.74, 6) is 0. The number of nitrogens with zero attached hydrogens (tertiary/aromatic N) is 2. The molecule has 7 aromatic rings. The molecule has 28 heavy (non-hydrogen) atoms. The van der Waals surface area contributed by atoms with Crippen molar-refractivity contribution in [2.45, 2.75) is 0 Å². The highest BCUT2D eigenvalue weighted by Crippen LogP contribution is 2.39. The highest BCUT2D eigenvalue weighted by Gasteiger charge is 2.17. The lowest BCUT2D eigenvalue weighted by molar-refractivity contribution is 1.32. The van der Waals surface area contributed by atoms with Crippen LogP contribution < -0.4 is 0 Å². The van der Waals surface area contributed by atoms with Crippen LogP contribution in [0.4, 0.5) is 0 Å². The Morgan fingerprint density at radius 2 is 1.32 bits per heavy atom. The van der Waals surface area contributed by atoms with Crippen LogP contribution in [0.25, 0.3) is 60.2 Å². The Bertz CT molecular complexity index is 1720. The van der Waals surface area contributed by atoms with E-state index >= 15 is 0 Å². The molecule has 0 atom stereocenters. The van der Waals surface area contributed by atoms with Gasteiger partial charge in [-0.3, -0.25) is 4.40 Å². The lowest BCUT2D eigenvalue weighted by Gasteiger charge is -2.10. The fraction of sp³-hybridized carbons (Fsp3) is 0. The minimum atomic E-state index is 1.02. The van der Waals surface area contributed by atoms with Gasteiger partial charge in [0.25, 0.3) is 0 Å². The maximum absolute atomic E-state index is 5.02. The normalized spacial score (nSPS) is 12.3. The number of H-pyrrole nitrogens is 1. The molecule has 3 aromatic heterocycles. The number of para-hydroxylation sites is 4. The second-order valence-electron chi connectivity index (χ2n) is 7.36. The van der Waals surface area contributed by atoms with Crippen molar-refractivity contribution in [1.29, 1.82) is 0 Å². The number of hydrogen-bond acceptors (Lipinski definition) is 1. The number of hydrogen-bond donors (Lipinski definition) is 1. The van der Waals surface area contributed by atoms with Crippen molar-refractivity contribution in [3.63, 3.8) is 0 Å². The van der Waals surface area contributed by atoms with Gasteiger partial charge >= 0.3 is 0 Å². The van der Waals surface area contributed by atoms with Gasteiger partial charge in [0.2, 0.25) is 0 Å². The van der Waals surface area contributed by atoms with Crippen molar-refractivity contribution in [1.82, 2.24) is 14.4 Å². The molecule has 0 saturated carbocycles. The van der Waals surface area contributed by atoms with Gasteiger partial charge in [0.05, 0.1) is 16.6 Å². The summed E-state index contributed by atoms with van der Waals surface area (Å²) in [6, 6.07) is 30.0. The number of fused-ring (bicyclic) bond motifs is 12. The van der Waals surface area contributed by atoms with E-state index in [4.69, 9.17) is 4.98 Å². The number of benzene rings is 4. The van der Waals surface area contributed by atoms with E-state index in [2.05, 4.69) is 94.3 Å². The Kier molecular flexibility index (Phi) is 2.49. The third kappa shape index (κ3) is 1.62. The van der Waals surface area contributed by atoms with Gasteiger partial charge in [-0.15, -0.1) is 0 Å². The molecule has 1 N–H and O–H groups in total. The van der Waals surface area contributed by atoms with Gasteiger partial charge in [-0.1, -0.05) is 48.5 Å². The topological polar surface area (TPSA) is 33.1 Å². The van der Waals surface area contributed by atoms with Crippen LogP contribution in [-0.2, 0) is 0 Å². The van der Waals surface area contributed by atoms with Crippen molar-refractivity contribution < 1.29 is 0 Å². The molecule has 3 heteroatoms. The monoisotopic (exact) mass is 357 g/mol. The van der Waals surface area contributed by atoms with Gasteiger partial charge in [-0.25, -0.2) is 4.98 Å². The molecule has 0 aliphatic heterocycles. The molecule has 3 nitrogen and oxygen atoms in total. The number of aromatic nitrogens is 3.